The maximum absolute atomic E-state index is 12.4. The molecular weight excluding hydrogens is 405 g/mol. The summed E-state index contributed by atoms with van der Waals surface area (Å²) < 4.78 is 10.3. The molecule has 1 unspecified atom stereocenters. The number of rotatable bonds is 5. The summed E-state index contributed by atoms with van der Waals surface area (Å²) in [5, 5.41) is 6.55. The number of nitrogens with one attached hydrogen (secondary N) is 2. The molecule has 1 aliphatic heterocycles. The van der Waals surface area contributed by atoms with Gasteiger partial charge in [-0.15, -0.1) is 0 Å². The van der Waals surface area contributed by atoms with Crippen molar-refractivity contribution in [2.45, 2.75) is 59.4 Å². The quantitative estimate of drug-likeness (QED) is 0.704. The van der Waals surface area contributed by atoms with Crippen LogP contribution in [0.3, 0.4) is 0 Å². The van der Waals surface area contributed by atoms with Gasteiger partial charge in [0.2, 0.25) is 5.91 Å². The van der Waals surface area contributed by atoms with Crippen LogP contribution in [0.15, 0.2) is 24.4 Å². The second kappa shape index (κ2) is 10.9. The molecule has 2 fully saturated rings. The molecule has 2 N–H and O–H groups in total. The van der Waals surface area contributed by atoms with Crippen LogP contribution in [-0.4, -0.2) is 48.2 Å². The summed E-state index contributed by atoms with van der Waals surface area (Å²) >= 11 is 0. The molecule has 6 nitrogen and oxygen atoms in total. The molecule has 1 aliphatic carbocycles. The molecule has 2 aromatic rings. The molecule has 0 radical (unpaired) electrons. The summed E-state index contributed by atoms with van der Waals surface area (Å²) in [6.45, 7) is 12.7. The number of aromatic nitrogens is 2. The topological polar surface area (TPSA) is 70.2 Å². The van der Waals surface area contributed by atoms with Crippen molar-refractivity contribution in [1.82, 2.24) is 15.3 Å². The van der Waals surface area contributed by atoms with Crippen LogP contribution < -0.4 is 15.5 Å². The van der Waals surface area contributed by atoms with E-state index in [1.54, 1.807) is 6.20 Å². The highest BCUT2D eigenvalue weighted by atomic mass is 19.1. The Kier molecular flexibility index (Phi) is 8.18. The molecule has 32 heavy (non-hydrogen) atoms. The van der Waals surface area contributed by atoms with E-state index in [0.717, 1.165) is 55.1 Å². The van der Waals surface area contributed by atoms with Gasteiger partial charge in [-0.05, 0) is 63.3 Å². The molecule has 7 heteroatoms. The van der Waals surface area contributed by atoms with Gasteiger partial charge in [0, 0.05) is 48.9 Å². The van der Waals surface area contributed by atoms with Crippen molar-refractivity contribution in [2.75, 3.05) is 36.5 Å². The van der Waals surface area contributed by atoms with Crippen LogP contribution in [0.2, 0.25) is 0 Å². The lowest BCUT2D eigenvalue weighted by molar-refractivity contribution is -0.117. The largest absolute Gasteiger partial charge is 0.354 e. The highest BCUT2D eigenvalue weighted by Gasteiger charge is 2.31. The molecule has 0 aromatic carbocycles. The van der Waals surface area contributed by atoms with Gasteiger partial charge in [0.05, 0.1) is 12.4 Å². The number of pyridine rings is 2. The Morgan fingerprint density at radius 1 is 1.34 bits per heavy atom. The highest BCUT2D eigenvalue weighted by Crippen LogP contribution is 2.36. The van der Waals surface area contributed by atoms with Gasteiger partial charge < -0.3 is 15.5 Å². The second-order valence-corrected chi connectivity index (χ2v) is 9.00. The van der Waals surface area contributed by atoms with Gasteiger partial charge in [-0.3, -0.25) is 9.18 Å². The predicted octanol–water partition coefficient (Wildman–Crippen LogP) is 4.70. The molecule has 0 spiro atoms. The lowest BCUT2D eigenvalue weighted by Crippen LogP contribution is -2.49. The third-order valence-corrected chi connectivity index (χ3v) is 5.68. The molecule has 0 bridgehead atoms. The van der Waals surface area contributed by atoms with Gasteiger partial charge >= 0.3 is 0 Å². The Hall–Kier alpha value is -2.54. The molecule has 1 saturated carbocycles. The first-order chi connectivity index (χ1) is 15.3. The van der Waals surface area contributed by atoms with Crippen molar-refractivity contribution in [3.63, 3.8) is 0 Å². The fourth-order valence-electron chi connectivity index (χ4n) is 4.03. The number of hydrogen-bond acceptors (Lipinski definition) is 5. The number of carbonyl (C=O) groups is 1. The minimum atomic E-state index is -0.250. The number of anilines is 2. The van der Waals surface area contributed by atoms with Crippen molar-refractivity contribution in [3.8, 4) is 11.3 Å². The summed E-state index contributed by atoms with van der Waals surface area (Å²) in [6, 6.07) is 6.76. The van der Waals surface area contributed by atoms with Gasteiger partial charge in [0.1, 0.15) is 11.6 Å². The first kappa shape index (κ1) is 24.1. The summed E-state index contributed by atoms with van der Waals surface area (Å²) in [7, 11) is 0. The molecule has 1 saturated heterocycles. The van der Waals surface area contributed by atoms with Gasteiger partial charge in [-0.25, -0.2) is 9.97 Å². The Morgan fingerprint density at radius 2 is 2.06 bits per heavy atom. The number of piperazine rings is 1. The SMILES string of the molecule is CCF.Cc1cc(-c2ccnc(NC(=O)C3CC3)c2C(C)C)nc(N2CCNC(C)C2)c1. The average molecular weight is 442 g/mol. The smallest absolute Gasteiger partial charge is 0.228 e. The van der Waals surface area contributed by atoms with E-state index in [-0.39, 0.29) is 24.4 Å². The van der Waals surface area contributed by atoms with Crippen LogP contribution in [0.25, 0.3) is 11.3 Å². The fraction of sp³-hybridized carbons (Fsp3) is 0.560. The molecule has 1 amide bonds. The molecular formula is C25H36FN5O. The molecule has 2 aliphatic rings. The number of alkyl halides is 1. The van der Waals surface area contributed by atoms with Crippen LogP contribution >= 0.6 is 0 Å². The molecule has 1 atom stereocenters. The minimum Gasteiger partial charge on any atom is -0.354 e. The zero-order valence-electron chi connectivity index (χ0n) is 19.9. The average Bonchev–Trinajstić information content (AvgIpc) is 3.59. The number of carbonyl (C=O) groups excluding carboxylic acids is 1. The first-order valence-corrected chi connectivity index (χ1v) is 11.7. The molecule has 3 heterocycles. The number of nitrogens with zero attached hydrogens (tertiary/aromatic N) is 3. The highest BCUT2D eigenvalue weighted by molar-refractivity contribution is 5.94. The lowest BCUT2D eigenvalue weighted by atomic mass is 9.95. The van der Waals surface area contributed by atoms with Gasteiger partial charge in [0.15, 0.2) is 0 Å². The summed E-state index contributed by atoms with van der Waals surface area (Å²) in [6.07, 6.45) is 3.74. The van der Waals surface area contributed by atoms with Crippen LogP contribution in [0.5, 0.6) is 0 Å². The van der Waals surface area contributed by atoms with Gasteiger partial charge in [0.25, 0.3) is 0 Å². The third-order valence-electron chi connectivity index (χ3n) is 5.68. The number of halogens is 1. The maximum Gasteiger partial charge on any atom is 0.228 e. The van der Waals surface area contributed by atoms with Gasteiger partial charge in [-0.1, -0.05) is 13.8 Å². The van der Waals surface area contributed by atoms with E-state index in [1.165, 1.54) is 12.5 Å². The number of amides is 1. The molecule has 2 aromatic heterocycles. The summed E-state index contributed by atoms with van der Waals surface area (Å²) in [5.41, 5.74) is 4.24. The Bertz CT molecular complexity index is 929. The first-order valence-electron chi connectivity index (χ1n) is 11.7. The number of aryl methyl sites for hydroxylation is 1. The van der Waals surface area contributed by atoms with E-state index in [2.05, 4.69) is 60.3 Å². The summed E-state index contributed by atoms with van der Waals surface area (Å²) in [5.74, 6) is 2.15. The molecule has 174 valence electrons. The van der Waals surface area contributed by atoms with Crippen molar-refractivity contribution in [3.05, 3.63) is 35.5 Å². The van der Waals surface area contributed by atoms with E-state index < -0.39 is 0 Å². The zero-order chi connectivity index (χ0) is 23.3. The summed E-state index contributed by atoms with van der Waals surface area (Å²) in [4.78, 5) is 24.2. The Morgan fingerprint density at radius 3 is 2.69 bits per heavy atom. The number of hydrogen-bond donors (Lipinski definition) is 2. The second-order valence-electron chi connectivity index (χ2n) is 9.00. The van der Waals surface area contributed by atoms with E-state index in [4.69, 9.17) is 4.98 Å². The van der Waals surface area contributed by atoms with Crippen molar-refractivity contribution >= 4 is 17.5 Å². The van der Waals surface area contributed by atoms with Gasteiger partial charge in [-0.2, -0.15) is 0 Å². The Balaban J connectivity index is 0.000000913. The van der Waals surface area contributed by atoms with Crippen molar-refractivity contribution < 1.29 is 9.18 Å². The van der Waals surface area contributed by atoms with E-state index in [0.29, 0.717) is 11.9 Å². The van der Waals surface area contributed by atoms with Crippen LogP contribution in [0.4, 0.5) is 16.0 Å². The van der Waals surface area contributed by atoms with Crippen LogP contribution in [-0.2, 0) is 4.79 Å². The van der Waals surface area contributed by atoms with Crippen molar-refractivity contribution in [2.24, 2.45) is 5.92 Å². The van der Waals surface area contributed by atoms with E-state index in [9.17, 15) is 9.18 Å². The van der Waals surface area contributed by atoms with Crippen molar-refractivity contribution in [1.29, 1.82) is 0 Å². The standard InChI is InChI=1S/C23H31N5O.C2H5F/c1-14(2)21-18(7-8-25-22(21)27-23(29)17-5-6-17)19-11-15(3)12-20(26-19)28-10-9-24-16(4)13-28;1-2-3/h7-8,11-12,14,16-17,24H,5-6,9-10,13H2,1-4H3,(H,25,27,29);2H2,1H3. The van der Waals surface area contributed by atoms with Crippen LogP contribution in [0.1, 0.15) is 57.6 Å². The van der Waals surface area contributed by atoms with E-state index in [1.807, 2.05) is 6.07 Å². The fourth-order valence-corrected chi connectivity index (χ4v) is 4.03. The lowest BCUT2D eigenvalue weighted by Gasteiger charge is -2.33. The zero-order valence-corrected chi connectivity index (χ0v) is 19.9. The third kappa shape index (κ3) is 6.03. The molecule has 4 rings (SSSR count). The predicted molar refractivity (Wildman–Crippen MR) is 129 cm³/mol. The Labute approximate surface area is 191 Å². The van der Waals surface area contributed by atoms with E-state index >= 15 is 0 Å². The van der Waals surface area contributed by atoms with Crippen LogP contribution in [0, 0.1) is 12.8 Å². The maximum atomic E-state index is 12.4. The minimum absolute atomic E-state index is 0.0873. The normalized spacial score (nSPS) is 18.2. The monoisotopic (exact) mass is 441 g/mol.